The van der Waals surface area contributed by atoms with Crippen molar-refractivity contribution in [1.82, 2.24) is 4.40 Å². The molecule has 0 aliphatic carbocycles. The van der Waals surface area contributed by atoms with Gasteiger partial charge in [-0.15, -0.1) is 0 Å². The van der Waals surface area contributed by atoms with Crippen molar-refractivity contribution in [3.63, 3.8) is 0 Å². The topological polar surface area (TPSA) is 17.6 Å². The van der Waals surface area contributed by atoms with E-state index in [-0.39, 0.29) is 0 Å². The first-order valence-corrected chi connectivity index (χ1v) is 13.3. The highest BCUT2D eigenvalue weighted by atomic mass is 79.9. The van der Waals surface area contributed by atoms with E-state index >= 15 is 0 Å². The Bertz CT molecular complexity index is 2370. The minimum Gasteiger partial charge on any atom is -0.456 e. The van der Waals surface area contributed by atoms with E-state index < -0.39 is 0 Å². The molecule has 3 aromatic heterocycles. The highest BCUT2D eigenvalue weighted by molar-refractivity contribution is 9.10. The van der Waals surface area contributed by atoms with Crippen LogP contribution in [0.2, 0.25) is 0 Å². The van der Waals surface area contributed by atoms with Gasteiger partial charge in [0.2, 0.25) is 0 Å². The van der Waals surface area contributed by atoms with E-state index in [2.05, 4.69) is 117 Å². The lowest BCUT2D eigenvalue weighted by Crippen LogP contribution is -1.92. The molecule has 0 radical (unpaired) electrons. The maximum absolute atomic E-state index is 6.19. The van der Waals surface area contributed by atoms with Gasteiger partial charge in [-0.05, 0) is 64.4 Å². The number of halogens is 1. The van der Waals surface area contributed by atoms with Gasteiger partial charge in [0.05, 0.1) is 16.6 Å². The van der Waals surface area contributed by atoms with Crippen LogP contribution in [0.3, 0.4) is 0 Å². The number of rotatable bonds is 1. The molecule has 0 spiro atoms. The summed E-state index contributed by atoms with van der Waals surface area (Å²) in [4.78, 5) is 0. The summed E-state index contributed by atoms with van der Waals surface area (Å²) < 4.78 is 9.75. The molecule has 0 aliphatic rings. The minimum atomic E-state index is 0.925. The van der Waals surface area contributed by atoms with Crippen LogP contribution in [-0.4, -0.2) is 4.40 Å². The second-order valence-corrected chi connectivity index (χ2v) is 10.8. The molecule has 172 valence electrons. The third-order valence-corrected chi connectivity index (χ3v) is 8.41. The predicted molar refractivity (Wildman–Crippen MR) is 159 cm³/mol. The van der Waals surface area contributed by atoms with Crippen LogP contribution in [0.1, 0.15) is 0 Å². The number of fused-ring (bicyclic) bond motifs is 8. The van der Waals surface area contributed by atoms with Crippen molar-refractivity contribution in [2.24, 2.45) is 0 Å². The van der Waals surface area contributed by atoms with Crippen LogP contribution < -0.4 is 0 Å². The molecular formula is C34H18BrNO. The lowest BCUT2D eigenvalue weighted by atomic mass is 9.97. The monoisotopic (exact) mass is 535 g/mol. The first-order chi connectivity index (χ1) is 18.3. The number of para-hydroxylation sites is 2. The molecule has 0 aliphatic heterocycles. The summed E-state index contributed by atoms with van der Waals surface area (Å²) in [5.41, 5.74) is 8.01. The number of benzene rings is 6. The summed E-state index contributed by atoms with van der Waals surface area (Å²) in [5, 5.41) is 10.0. The molecule has 3 heterocycles. The average Bonchev–Trinajstić information content (AvgIpc) is 3.47. The Kier molecular flexibility index (Phi) is 3.69. The number of hydrogen-bond acceptors (Lipinski definition) is 1. The van der Waals surface area contributed by atoms with Crippen LogP contribution in [0.25, 0.3) is 81.9 Å². The van der Waals surface area contributed by atoms with Crippen LogP contribution >= 0.6 is 15.9 Å². The second kappa shape index (κ2) is 6.90. The third-order valence-electron chi connectivity index (χ3n) is 7.95. The number of hydrogen-bond donors (Lipinski definition) is 0. The number of aromatic nitrogens is 1. The lowest BCUT2D eigenvalue weighted by molar-refractivity contribution is 0.669. The van der Waals surface area contributed by atoms with Gasteiger partial charge in [0.25, 0.3) is 0 Å². The van der Waals surface area contributed by atoms with E-state index in [1.165, 1.54) is 65.4 Å². The summed E-state index contributed by atoms with van der Waals surface area (Å²) >= 11 is 3.75. The van der Waals surface area contributed by atoms with Crippen molar-refractivity contribution in [3.8, 4) is 11.1 Å². The predicted octanol–water partition coefficient (Wildman–Crippen LogP) is 10.3. The van der Waals surface area contributed by atoms with Crippen molar-refractivity contribution >= 4 is 86.7 Å². The fourth-order valence-corrected chi connectivity index (χ4v) is 6.97. The van der Waals surface area contributed by atoms with Crippen molar-refractivity contribution < 1.29 is 4.42 Å². The molecule has 3 heteroatoms. The Hall–Kier alpha value is -4.34. The van der Waals surface area contributed by atoms with Gasteiger partial charge in [-0.25, -0.2) is 0 Å². The number of nitrogens with zero attached hydrogens (tertiary/aromatic N) is 1. The summed E-state index contributed by atoms with van der Waals surface area (Å²) in [5.74, 6) is 0. The Balaban J connectivity index is 1.45. The molecule has 0 unspecified atom stereocenters. The number of pyridine rings is 1. The SMILES string of the molecule is Brc1cc2cccc3c2c(c1)c1cccc2c4cc(-c5cccc6oc7ccccc7c56)ccc4n3c12. The highest BCUT2D eigenvalue weighted by Gasteiger charge is 2.19. The van der Waals surface area contributed by atoms with Crippen molar-refractivity contribution in [3.05, 3.63) is 114 Å². The maximum atomic E-state index is 6.19. The van der Waals surface area contributed by atoms with E-state index in [0.717, 1.165) is 21.0 Å². The normalized spacial score (nSPS) is 12.5. The summed E-state index contributed by atoms with van der Waals surface area (Å²) in [6, 6.07) is 39.4. The van der Waals surface area contributed by atoms with E-state index in [0.29, 0.717) is 0 Å². The molecule has 2 nitrogen and oxygen atoms in total. The first-order valence-electron chi connectivity index (χ1n) is 12.5. The van der Waals surface area contributed by atoms with Gasteiger partial charge in [0.15, 0.2) is 0 Å². The molecular weight excluding hydrogens is 518 g/mol. The van der Waals surface area contributed by atoms with Gasteiger partial charge in [0, 0.05) is 36.8 Å². The zero-order valence-corrected chi connectivity index (χ0v) is 21.2. The van der Waals surface area contributed by atoms with Crippen LogP contribution in [0, 0.1) is 0 Å². The molecule has 0 amide bonds. The largest absolute Gasteiger partial charge is 0.456 e. The summed E-state index contributed by atoms with van der Waals surface area (Å²) in [6.07, 6.45) is 0. The quantitative estimate of drug-likeness (QED) is 0.151. The van der Waals surface area contributed by atoms with E-state index in [4.69, 9.17) is 4.42 Å². The molecule has 37 heavy (non-hydrogen) atoms. The average molecular weight is 536 g/mol. The van der Waals surface area contributed by atoms with E-state index in [1.54, 1.807) is 0 Å². The molecule has 0 N–H and O–H groups in total. The minimum absolute atomic E-state index is 0.925. The number of furan rings is 1. The summed E-state index contributed by atoms with van der Waals surface area (Å²) in [7, 11) is 0. The van der Waals surface area contributed by atoms with Crippen molar-refractivity contribution in [2.75, 3.05) is 0 Å². The van der Waals surface area contributed by atoms with Crippen molar-refractivity contribution in [2.45, 2.75) is 0 Å². The third kappa shape index (κ3) is 2.49. The molecule has 0 saturated heterocycles. The Morgan fingerprint density at radius 3 is 2.27 bits per heavy atom. The van der Waals surface area contributed by atoms with Gasteiger partial charge in [0.1, 0.15) is 11.2 Å². The van der Waals surface area contributed by atoms with Crippen molar-refractivity contribution in [1.29, 1.82) is 0 Å². The van der Waals surface area contributed by atoms with Crippen LogP contribution in [0.15, 0.2) is 118 Å². The van der Waals surface area contributed by atoms with Gasteiger partial charge < -0.3 is 8.82 Å². The Morgan fingerprint density at radius 1 is 0.541 bits per heavy atom. The van der Waals surface area contributed by atoms with Gasteiger partial charge >= 0.3 is 0 Å². The molecule has 9 aromatic rings. The van der Waals surface area contributed by atoms with E-state index in [1.807, 2.05) is 12.1 Å². The first kappa shape index (κ1) is 19.8. The zero-order chi connectivity index (χ0) is 24.2. The maximum Gasteiger partial charge on any atom is 0.136 e. The molecule has 0 fully saturated rings. The Labute approximate surface area is 219 Å². The molecule has 0 atom stereocenters. The second-order valence-electron chi connectivity index (χ2n) is 9.87. The standard InChI is InChI=1S/C34H18BrNO/c35-21-16-20-6-3-11-29-32(20)27(18-21)24-10-4-9-23-26-17-19(14-15-28(26)36(29)34(23)24)22-8-5-13-31-33(22)25-7-1-2-12-30(25)37-31/h1-18H. The zero-order valence-electron chi connectivity index (χ0n) is 19.6. The van der Waals surface area contributed by atoms with Crippen LogP contribution in [-0.2, 0) is 0 Å². The van der Waals surface area contributed by atoms with E-state index in [9.17, 15) is 0 Å². The highest BCUT2D eigenvalue weighted by Crippen LogP contribution is 2.43. The van der Waals surface area contributed by atoms with Crippen LogP contribution in [0.5, 0.6) is 0 Å². The molecule has 9 rings (SSSR count). The molecule has 0 bridgehead atoms. The van der Waals surface area contributed by atoms with Crippen LogP contribution in [0.4, 0.5) is 0 Å². The molecule has 6 aromatic carbocycles. The van der Waals surface area contributed by atoms with Gasteiger partial charge in [-0.2, -0.15) is 0 Å². The van der Waals surface area contributed by atoms with Gasteiger partial charge in [-0.1, -0.05) is 82.7 Å². The fraction of sp³-hybridized carbons (Fsp3) is 0. The fourth-order valence-electron chi connectivity index (χ4n) is 6.49. The summed E-state index contributed by atoms with van der Waals surface area (Å²) in [6.45, 7) is 0. The smallest absolute Gasteiger partial charge is 0.136 e. The van der Waals surface area contributed by atoms with Gasteiger partial charge in [-0.3, -0.25) is 0 Å². The lowest BCUT2D eigenvalue weighted by Gasteiger charge is -2.13. The molecule has 0 saturated carbocycles. The Morgan fingerprint density at radius 2 is 1.32 bits per heavy atom.